The fourth-order valence-electron chi connectivity index (χ4n) is 3.99. The van der Waals surface area contributed by atoms with Crippen LogP contribution in [0.2, 0.25) is 0 Å². The summed E-state index contributed by atoms with van der Waals surface area (Å²) in [6.45, 7) is -0.367. The maximum absolute atomic E-state index is 12.7. The fourth-order valence-corrected chi connectivity index (χ4v) is 4.56. The summed E-state index contributed by atoms with van der Waals surface area (Å²) in [7, 11) is -4.81. The van der Waals surface area contributed by atoms with E-state index >= 15 is 0 Å². The first-order valence-electron chi connectivity index (χ1n) is 9.81. The molecule has 1 unspecified atom stereocenters. The monoisotopic (exact) mass is 469 g/mol. The Bertz CT molecular complexity index is 1060. The van der Waals surface area contributed by atoms with Gasteiger partial charge >= 0.3 is 7.82 Å². The number of fused-ring (bicyclic) bond motifs is 1. The van der Waals surface area contributed by atoms with E-state index in [0.29, 0.717) is 5.56 Å². The van der Waals surface area contributed by atoms with E-state index in [1.807, 2.05) is 6.07 Å². The molecular formula is C18H24N5O8P. The molecule has 2 aliphatic heterocycles. The summed E-state index contributed by atoms with van der Waals surface area (Å²) < 4.78 is 21.8. The number of aromatic nitrogens is 2. The third-order valence-electron chi connectivity index (χ3n) is 5.36. The van der Waals surface area contributed by atoms with Gasteiger partial charge in [-0.05, 0) is 5.56 Å². The Morgan fingerprint density at radius 2 is 2.06 bits per heavy atom. The number of hydrogen-bond donors (Lipinski definition) is 6. The largest absolute Gasteiger partial charge is 0.469 e. The summed E-state index contributed by atoms with van der Waals surface area (Å²) in [5, 5.41) is 20.2. The molecule has 1 saturated heterocycles. The summed E-state index contributed by atoms with van der Waals surface area (Å²) in [5.41, 5.74) is 6.06. The first-order chi connectivity index (χ1) is 15.2. The highest BCUT2D eigenvalue weighted by molar-refractivity contribution is 7.46. The highest BCUT2D eigenvalue weighted by atomic mass is 31.2. The van der Waals surface area contributed by atoms with Crippen LogP contribution in [0.15, 0.2) is 35.1 Å². The number of H-pyrrole nitrogens is 1. The minimum Gasteiger partial charge on any atom is -0.394 e. The van der Waals surface area contributed by atoms with Crippen molar-refractivity contribution in [2.24, 2.45) is 0 Å². The van der Waals surface area contributed by atoms with Gasteiger partial charge in [0.2, 0.25) is 5.95 Å². The molecular weight excluding hydrogens is 445 g/mol. The highest BCUT2D eigenvalue weighted by Gasteiger charge is 2.45. The molecule has 1 aromatic heterocycles. The first-order valence-corrected chi connectivity index (χ1v) is 11.3. The van der Waals surface area contributed by atoms with E-state index in [2.05, 4.69) is 9.97 Å². The average Bonchev–Trinajstić information content (AvgIpc) is 3.28. The summed E-state index contributed by atoms with van der Waals surface area (Å²) in [6.07, 6.45) is -3.77. The van der Waals surface area contributed by atoms with Gasteiger partial charge in [-0.3, -0.25) is 14.3 Å². The van der Waals surface area contributed by atoms with Crippen molar-refractivity contribution >= 4 is 25.3 Å². The van der Waals surface area contributed by atoms with Gasteiger partial charge in [-0.25, -0.2) is 4.57 Å². The fraction of sp³-hybridized carbons (Fsp3) is 0.444. The number of anilines is 3. The normalized spacial score (nSPS) is 24.1. The molecule has 1 aromatic carbocycles. The number of aliphatic hydroxyl groups is 2. The first kappa shape index (κ1) is 22.7. The molecule has 0 aliphatic carbocycles. The number of aromatic amines is 1. The molecule has 0 amide bonds. The molecule has 13 nitrogen and oxygen atoms in total. The Hall–Kier alpha value is -2.51. The van der Waals surface area contributed by atoms with Gasteiger partial charge in [0.05, 0.1) is 25.9 Å². The van der Waals surface area contributed by atoms with Crippen LogP contribution in [0.25, 0.3) is 0 Å². The van der Waals surface area contributed by atoms with Gasteiger partial charge in [0.25, 0.3) is 5.56 Å². The third kappa shape index (κ3) is 4.64. The van der Waals surface area contributed by atoms with E-state index in [4.69, 9.17) is 24.8 Å². The van der Waals surface area contributed by atoms with Crippen LogP contribution in [0, 0.1) is 0 Å². The van der Waals surface area contributed by atoms with Crippen LogP contribution in [0.1, 0.15) is 18.1 Å². The van der Waals surface area contributed by atoms with Crippen molar-refractivity contribution in [3.05, 3.63) is 46.2 Å². The Morgan fingerprint density at radius 1 is 1.34 bits per heavy atom. The molecule has 0 radical (unpaired) electrons. The van der Waals surface area contributed by atoms with Crippen molar-refractivity contribution in [1.29, 1.82) is 0 Å². The molecule has 2 aromatic rings. The van der Waals surface area contributed by atoms with Crippen molar-refractivity contribution in [2.75, 3.05) is 35.4 Å². The molecule has 174 valence electrons. The number of nitrogens with two attached hydrogens (primary N) is 1. The number of ether oxygens (including phenoxy) is 1. The van der Waals surface area contributed by atoms with Crippen LogP contribution in [0.5, 0.6) is 0 Å². The lowest BCUT2D eigenvalue weighted by atomic mass is 10.1. The molecule has 0 spiro atoms. The maximum Gasteiger partial charge on any atom is 0.469 e. The quantitative estimate of drug-likeness (QED) is 0.278. The standard InChI is InChI=1S/C18H24N5O8P/c19-18-20-16-15(17(26)21-18)22(7-11(25)10-4-2-1-3-5-10)9-23(16)14-6-12(13(8-24)30-14)31-32(27,28)29/h1-5,11-14,24-25H,6-9H2,(H2,27,28,29)(H3,19,20,21,26)/t11?,12-,13+,14+/m0/s1. The second-order valence-corrected chi connectivity index (χ2v) is 8.76. The molecule has 0 saturated carbocycles. The average molecular weight is 469 g/mol. The summed E-state index contributed by atoms with van der Waals surface area (Å²) in [6, 6.07) is 8.94. The molecule has 0 bridgehead atoms. The number of nitrogens with one attached hydrogen (secondary N) is 1. The molecule has 3 heterocycles. The van der Waals surface area contributed by atoms with Gasteiger partial charge in [-0.1, -0.05) is 30.3 Å². The lowest BCUT2D eigenvalue weighted by Gasteiger charge is -2.27. The highest BCUT2D eigenvalue weighted by Crippen LogP contribution is 2.44. The van der Waals surface area contributed by atoms with E-state index in [9.17, 15) is 19.6 Å². The van der Waals surface area contributed by atoms with Gasteiger partial charge in [0.15, 0.2) is 5.82 Å². The van der Waals surface area contributed by atoms with E-state index in [-0.39, 0.29) is 37.1 Å². The second-order valence-electron chi connectivity index (χ2n) is 7.57. The van der Waals surface area contributed by atoms with Crippen LogP contribution in [-0.2, 0) is 13.8 Å². The Kier molecular flexibility index (Phi) is 6.23. The van der Waals surface area contributed by atoms with Crippen LogP contribution in [0.3, 0.4) is 0 Å². The molecule has 1 fully saturated rings. The number of benzene rings is 1. The van der Waals surface area contributed by atoms with E-state index < -0.39 is 44.5 Å². The zero-order chi connectivity index (χ0) is 23.0. The van der Waals surface area contributed by atoms with Gasteiger partial charge in [-0.2, -0.15) is 4.98 Å². The number of aliphatic hydroxyl groups excluding tert-OH is 2. The topological polar surface area (TPSA) is 195 Å². The molecule has 4 rings (SSSR count). The Morgan fingerprint density at radius 3 is 2.72 bits per heavy atom. The zero-order valence-corrected chi connectivity index (χ0v) is 17.7. The van der Waals surface area contributed by atoms with Gasteiger partial charge in [-0.15, -0.1) is 0 Å². The van der Waals surface area contributed by atoms with E-state index in [1.54, 1.807) is 34.1 Å². The zero-order valence-electron chi connectivity index (χ0n) is 16.8. The van der Waals surface area contributed by atoms with Crippen LogP contribution in [0.4, 0.5) is 17.5 Å². The number of phosphoric acid groups is 1. The van der Waals surface area contributed by atoms with Gasteiger partial charge in [0.1, 0.15) is 24.1 Å². The van der Waals surface area contributed by atoms with Crippen LogP contribution in [-0.4, -0.2) is 68.2 Å². The smallest absolute Gasteiger partial charge is 0.394 e. The maximum atomic E-state index is 12.7. The Balaban J connectivity index is 1.61. The number of β-amino-alcohol motifs (C(OH)–C–C–N with tert-alkyl or cyclic N) is 1. The third-order valence-corrected chi connectivity index (χ3v) is 5.91. The lowest BCUT2D eigenvalue weighted by Crippen LogP contribution is -2.40. The Labute approximate surface area is 182 Å². The van der Waals surface area contributed by atoms with Crippen molar-refractivity contribution in [2.45, 2.75) is 31.0 Å². The summed E-state index contributed by atoms with van der Waals surface area (Å²) >= 11 is 0. The van der Waals surface area contributed by atoms with E-state index in [1.165, 1.54) is 0 Å². The predicted molar refractivity (Wildman–Crippen MR) is 113 cm³/mol. The molecule has 7 N–H and O–H groups in total. The summed E-state index contributed by atoms with van der Waals surface area (Å²) in [4.78, 5) is 40.8. The van der Waals surface area contributed by atoms with Crippen molar-refractivity contribution in [3.8, 4) is 0 Å². The van der Waals surface area contributed by atoms with Crippen molar-refractivity contribution < 1.29 is 33.8 Å². The molecule has 4 atom stereocenters. The van der Waals surface area contributed by atoms with Gasteiger partial charge in [0, 0.05) is 6.42 Å². The van der Waals surface area contributed by atoms with E-state index in [0.717, 1.165) is 0 Å². The SMILES string of the molecule is Nc1nc2c(c(=O)[nH]1)N(CC(O)c1ccccc1)CN2[C@H]1C[C@H](OP(=O)(O)O)[C@@H](CO)O1. The van der Waals surface area contributed by atoms with Crippen molar-refractivity contribution in [1.82, 2.24) is 9.97 Å². The number of nitrogens with zero attached hydrogens (tertiary/aromatic N) is 3. The number of hydrogen-bond acceptors (Lipinski definition) is 10. The van der Waals surface area contributed by atoms with Crippen LogP contribution < -0.4 is 21.1 Å². The summed E-state index contributed by atoms with van der Waals surface area (Å²) in [5.74, 6) is 0.0777. The lowest BCUT2D eigenvalue weighted by molar-refractivity contribution is -0.0217. The second kappa shape index (κ2) is 8.79. The minimum absolute atomic E-state index is 0.000755. The predicted octanol–water partition coefficient (Wildman–Crippen LogP) is -0.745. The molecule has 2 aliphatic rings. The number of nitrogen functional groups attached to an aromatic ring is 1. The van der Waals surface area contributed by atoms with Crippen LogP contribution >= 0.6 is 7.82 Å². The molecule has 32 heavy (non-hydrogen) atoms. The van der Waals surface area contributed by atoms with Crippen molar-refractivity contribution in [3.63, 3.8) is 0 Å². The minimum atomic E-state index is -4.81. The number of rotatable bonds is 7. The van der Waals surface area contributed by atoms with Gasteiger partial charge < -0.3 is 40.3 Å². The number of phosphoric ester groups is 1. The molecule has 14 heteroatoms.